The van der Waals surface area contributed by atoms with Gasteiger partial charge in [0.1, 0.15) is 0 Å². The van der Waals surface area contributed by atoms with Crippen molar-refractivity contribution in [2.24, 2.45) is 0 Å². The first-order valence-corrected chi connectivity index (χ1v) is 13.7. The van der Waals surface area contributed by atoms with E-state index in [0.717, 1.165) is 44.6 Å². The van der Waals surface area contributed by atoms with Crippen LogP contribution in [0.15, 0.2) is 0 Å². The van der Waals surface area contributed by atoms with Crippen LogP contribution in [0.1, 0.15) is 53.9 Å². The standard InChI is InChI=1S/C16H38O5Si2/c1-7-17-22(6,18-8-2)15-13-12-14-16-23(19-9-3,20-10-4)21-11-5/h7-16H2,1-6H3. The predicted molar refractivity (Wildman–Crippen MR) is 99.0 cm³/mol. The molecular weight excluding hydrogens is 328 g/mol. The van der Waals surface area contributed by atoms with Crippen LogP contribution >= 0.6 is 0 Å². The van der Waals surface area contributed by atoms with Crippen LogP contribution in [0.2, 0.25) is 18.6 Å². The highest BCUT2D eigenvalue weighted by atomic mass is 28.4. The number of hydrogen-bond donors (Lipinski definition) is 0. The quantitative estimate of drug-likeness (QED) is 0.300. The molecule has 5 nitrogen and oxygen atoms in total. The molecule has 0 atom stereocenters. The monoisotopic (exact) mass is 366 g/mol. The summed E-state index contributed by atoms with van der Waals surface area (Å²) in [6, 6.07) is 1.94. The second kappa shape index (κ2) is 13.5. The summed E-state index contributed by atoms with van der Waals surface area (Å²) >= 11 is 0. The lowest BCUT2D eigenvalue weighted by molar-refractivity contribution is 0.0707. The molecule has 0 rings (SSSR count). The van der Waals surface area contributed by atoms with Gasteiger partial charge in [-0.1, -0.05) is 12.8 Å². The fourth-order valence-electron chi connectivity index (χ4n) is 2.76. The first kappa shape index (κ1) is 23.2. The van der Waals surface area contributed by atoms with Gasteiger partial charge in [-0.2, -0.15) is 0 Å². The molecule has 0 spiro atoms. The number of rotatable bonds is 16. The summed E-state index contributed by atoms with van der Waals surface area (Å²) in [6.07, 6.45) is 3.32. The van der Waals surface area contributed by atoms with Gasteiger partial charge in [-0.05, 0) is 53.6 Å². The molecule has 0 radical (unpaired) electrons. The van der Waals surface area contributed by atoms with Crippen molar-refractivity contribution in [2.75, 3.05) is 33.0 Å². The van der Waals surface area contributed by atoms with Crippen LogP contribution in [-0.2, 0) is 22.1 Å². The molecule has 0 aromatic heterocycles. The van der Waals surface area contributed by atoms with Crippen LogP contribution in [0.5, 0.6) is 0 Å². The predicted octanol–water partition coefficient (Wildman–Crippen LogP) is 4.35. The van der Waals surface area contributed by atoms with E-state index in [1.165, 1.54) is 0 Å². The van der Waals surface area contributed by atoms with E-state index in [1.54, 1.807) is 0 Å². The Labute approximate surface area is 145 Å². The molecule has 0 bridgehead atoms. The first-order valence-electron chi connectivity index (χ1n) is 9.21. The molecule has 140 valence electrons. The van der Waals surface area contributed by atoms with Gasteiger partial charge in [-0.15, -0.1) is 0 Å². The molecule has 0 aliphatic carbocycles. The average molecular weight is 367 g/mol. The maximum Gasteiger partial charge on any atom is 0.500 e. The summed E-state index contributed by atoms with van der Waals surface area (Å²) in [4.78, 5) is 0. The average Bonchev–Trinajstić information content (AvgIpc) is 2.48. The Hall–Kier alpha value is 0.234. The van der Waals surface area contributed by atoms with Crippen molar-refractivity contribution in [2.45, 2.75) is 72.5 Å². The molecule has 0 saturated heterocycles. The van der Waals surface area contributed by atoms with E-state index in [9.17, 15) is 0 Å². The lowest BCUT2D eigenvalue weighted by atomic mass is 10.3. The highest BCUT2D eigenvalue weighted by Gasteiger charge is 2.39. The van der Waals surface area contributed by atoms with Gasteiger partial charge in [0.15, 0.2) is 0 Å². The highest BCUT2D eigenvalue weighted by Crippen LogP contribution is 2.23. The highest BCUT2D eigenvalue weighted by molar-refractivity contribution is 6.66. The zero-order valence-corrected chi connectivity index (χ0v) is 18.1. The molecule has 23 heavy (non-hydrogen) atoms. The normalized spacial score (nSPS) is 12.8. The molecule has 0 aliphatic heterocycles. The molecule has 0 fully saturated rings. The van der Waals surface area contributed by atoms with E-state index < -0.39 is 17.4 Å². The molecule has 7 heteroatoms. The summed E-state index contributed by atoms with van der Waals surface area (Å²) < 4.78 is 29.4. The van der Waals surface area contributed by atoms with Crippen molar-refractivity contribution in [1.82, 2.24) is 0 Å². The Morgan fingerprint density at radius 2 is 0.913 bits per heavy atom. The fourth-order valence-corrected chi connectivity index (χ4v) is 7.93. The first-order chi connectivity index (χ1) is 11.0. The number of hydrogen-bond acceptors (Lipinski definition) is 5. The van der Waals surface area contributed by atoms with Crippen LogP contribution < -0.4 is 0 Å². The maximum atomic E-state index is 5.89. The van der Waals surface area contributed by atoms with E-state index in [0.29, 0.717) is 19.8 Å². The van der Waals surface area contributed by atoms with Gasteiger partial charge < -0.3 is 22.1 Å². The summed E-state index contributed by atoms with van der Waals surface area (Å²) in [7, 11) is -4.45. The third-order valence-electron chi connectivity index (χ3n) is 3.61. The molecule has 0 N–H and O–H groups in total. The second-order valence-corrected chi connectivity index (χ2v) is 11.6. The van der Waals surface area contributed by atoms with Crippen molar-refractivity contribution < 1.29 is 22.1 Å². The van der Waals surface area contributed by atoms with Crippen LogP contribution in [-0.4, -0.2) is 50.4 Å². The van der Waals surface area contributed by atoms with Gasteiger partial charge in [0.2, 0.25) is 0 Å². The molecular formula is C16H38O5Si2. The van der Waals surface area contributed by atoms with Crippen molar-refractivity contribution in [3.63, 3.8) is 0 Å². The molecule has 0 amide bonds. The minimum atomic E-state index is -2.47. The minimum Gasteiger partial charge on any atom is -0.395 e. The van der Waals surface area contributed by atoms with E-state index >= 15 is 0 Å². The van der Waals surface area contributed by atoms with Crippen LogP contribution in [0, 0.1) is 0 Å². The van der Waals surface area contributed by atoms with Crippen LogP contribution in [0.4, 0.5) is 0 Å². The Morgan fingerprint density at radius 1 is 0.522 bits per heavy atom. The Kier molecular flexibility index (Phi) is 13.7. The summed E-state index contributed by atoms with van der Waals surface area (Å²) in [5.74, 6) is 0. The molecule has 0 aromatic rings. The lowest BCUT2D eigenvalue weighted by Gasteiger charge is -2.29. The smallest absolute Gasteiger partial charge is 0.395 e. The third-order valence-corrected chi connectivity index (χ3v) is 9.82. The Morgan fingerprint density at radius 3 is 1.30 bits per heavy atom. The van der Waals surface area contributed by atoms with Gasteiger partial charge in [0.25, 0.3) is 0 Å². The Bertz CT molecular complexity index is 256. The third kappa shape index (κ3) is 9.96. The van der Waals surface area contributed by atoms with Gasteiger partial charge in [-0.3, -0.25) is 0 Å². The Balaban J connectivity index is 4.27. The second-order valence-electron chi connectivity index (χ2n) is 5.54. The van der Waals surface area contributed by atoms with Gasteiger partial charge in [-0.25, -0.2) is 0 Å². The molecule has 0 heterocycles. The van der Waals surface area contributed by atoms with Crippen molar-refractivity contribution in [3.8, 4) is 0 Å². The topological polar surface area (TPSA) is 46.2 Å². The van der Waals surface area contributed by atoms with Gasteiger partial charge >= 0.3 is 17.4 Å². The van der Waals surface area contributed by atoms with Crippen LogP contribution in [0.3, 0.4) is 0 Å². The minimum absolute atomic E-state index is 0.645. The van der Waals surface area contributed by atoms with E-state index in [1.807, 2.05) is 34.6 Å². The molecule has 0 aromatic carbocycles. The fraction of sp³-hybridized carbons (Fsp3) is 1.00. The number of unbranched alkanes of at least 4 members (excludes halogenated alkanes) is 2. The van der Waals surface area contributed by atoms with Crippen molar-refractivity contribution in [1.29, 1.82) is 0 Å². The summed E-state index contributed by atoms with van der Waals surface area (Å²) in [6.45, 7) is 15.6. The SMILES string of the molecule is CCO[Si](C)(CCCCC[Si](OCC)(OCC)OCC)OCC. The summed E-state index contributed by atoms with van der Waals surface area (Å²) in [5, 5.41) is 0. The van der Waals surface area contributed by atoms with Crippen molar-refractivity contribution >= 4 is 17.4 Å². The molecule has 0 unspecified atom stereocenters. The van der Waals surface area contributed by atoms with E-state index in [2.05, 4.69) is 6.55 Å². The zero-order chi connectivity index (χ0) is 17.6. The zero-order valence-electron chi connectivity index (χ0n) is 16.1. The van der Waals surface area contributed by atoms with E-state index in [4.69, 9.17) is 22.1 Å². The molecule has 0 saturated carbocycles. The lowest BCUT2D eigenvalue weighted by Crippen LogP contribution is -2.45. The van der Waals surface area contributed by atoms with Crippen molar-refractivity contribution in [3.05, 3.63) is 0 Å². The van der Waals surface area contributed by atoms with Crippen LogP contribution in [0.25, 0.3) is 0 Å². The molecule has 0 aliphatic rings. The van der Waals surface area contributed by atoms with Gasteiger partial charge in [0.05, 0.1) is 0 Å². The maximum absolute atomic E-state index is 5.89. The van der Waals surface area contributed by atoms with E-state index in [-0.39, 0.29) is 0 Å². The summed E-state index contributed by atoms with van der Waals surface area (Å²) in [5.41, 5.74) is 0. The largest absolute Gasteiger partial charge is 0.500 e. The van der Waals surface area contributed by atoms with Gasteiger partial charge in [0, 0.05) is 39.1 Å².